The summed E-state index contributed by atoms with van der Waals surface area (Å²) < 4.78 is 2.59. The third-order valence-electron chi connectivity index (χ3n) is 7.92. The Morgan fingerprint density at radius 2 is 1.12 bits per heavy atom. The molecule has 0 amide bonds. The molecule has 0 fully saturated rings. The normalized spacial score (nSPS) is 11.6. The van der Waals surface area contributed by atoms with E-state index in [-0.39, 0.29) is 0 Å². The number of hydrogen-bond donors (Lipinski definition) is 0. The zero-order valence-corrected chi connectivity index (χ0v) is 24.7. The standard InChI is InChI=1S/C38H23Cl2NS/c39-27-19-26(20-28(40)22-27)31-10-5-12-33-32(31)11-6-13-36(33)41(29-16-15-24-7-1-2-8-25(24)21-29)30-17-18-38-35(23-30)34-9-3-4-14-37(34)42-38/h1-23H. The average Bonchev–Trinajstić information content (AvgIpc) is 3.39. The van der Waals surface area contributed by atoms with E-state index in [1.165, 1.54) is 30.9 Å². The van der Waals surface area contributed by atoms with Crippen LogP contribution in [0.4, 0.5) is 17.1 Å². The maximum atomic E-state index is 6.43. The van der Waals surface area contributed by atoms with E-state index >= 15 is 0 Å². The van der Waals surface area contributed by atoms with Crippen molar-refractivity contribution in [2.75, 3.05) is 4.90 Å². The lowest BCUT2D eigenvalue weighted by Gasteiger charge is -2.27. The van der Waals surface area contributed by atoms with Gasteiger partial charge in [0.25, 0.3) is 0 Å². The fourth-order valence-corrected chi connectivity index (χ4v) is 7.66. The average molecular weight is 597 g/mol. The Morgan fingerprint density at radius 3 is 2.00 bits per heavy atom. The number of anilines is 3. The lowest BCUT2D eigenvalue weighted by atomic mass is 9.96. The van der Waals surface area contributed by atoms with Crippen LogP contribution in [-0.4, -0.2) is 0 Å². The first kappa shape index (κ1) is 25.4. The summed E-state index contributed by atoms with van der Waals surface area (Å²) in [5, 5.41) is 8.52. The first-order chi connectivity index (χ1) is 20.6. The first-order valence-corrected chi connectivity index (χ1v) is 15.4. The van der Waals surface area contributed by atoms with Crippen molar-refractivity contribution in [3.8, 4) is 11.1 Å². The van der Waals surface area contributed by atoms with Crippen LogP contribution in [0.3, 0.4) is 0 Å². The number of halogens is 2. The van der Waals surface area contributed by atoms with Crippen molar-refractivity contribution in [3.05, 3.63) is 150 Å². The predicted octanol–water partition coefficient (Wildman–Crippen LogP) is 12.8. The quantitative estimate of drug-likeness (QED) is 0.195. The van der Waals surface area contributed by atoms with Crippen LogP contribution < -0.4 is 4.90 Å². The second-order valence-corrected chi connectivity index (χ2v) is 12.4. The molecule has 0 spiro atoms. The fourth-order valence-electron chi connectivity index (χ4n) is 6.05. The monoisotopic (exact) mass is 595 g/mol. The van der Waals surface area contributed by atoms with Crippen molar-refractivity contribution in [1.29, 1.82) is 0 Å². The Bertz CT molecular complexity index is 2280. The van der Waals surface area contributed by atoms with Crippen molar-refractivity contribution in [3.63, 3.8) is 0 Å². The van der Waals surface area contributed by atoms with E-state index in [4.69, 9.17) is 23.2 Å². The SMILES string of the molecule is Clc1cc(Cl)cc(-c2cccc3c(N(c4ccc5ccccc5c4)c4ccc5sc6ccccc6c5c4)cccc23)c1. The Hall–Kier alpha value is -4.34. The number of hydrogen-bond acceptors (Lipinski definition) is 2. The van der Waals surface area contributed by atoms with Gasteiger partial charge in [0.05, 0.1) is 5.69 Å². The molecule has 0 radical (unpaired) electrons. The van der Waals surface area contributed by atoms with E-state index in [1.54, 1.807) is 6.07 Å². The minimum atomic E-state index is 0.625. The van der Waals surface area contributed by atoms with Crippen molar-refractivity contribution >= 4 is 93.3 Å². The van der Waals surface area contributed by atoms with Gasteiger partial charge in [-0.1, -0.05) is 102 Å². The molecule has 200 valence electrons. The van der Waals surface area contributed by atoms with Gasteiger partial charge in [0.2, 0.25) is 0 Å². The molecular weight excluding hydrogens is 573 g/mol. The van der Waals surface area contributed by atoms with E-state index in [0.717, 1.165) is 39.0 Å². The van der Waals surface area contributed by atoms with Gasteiger partial charge in [-0.05, 0) is 87.9 Å². The summed E-state index contributed by atoms with van der Waals surface area (Å²) in [6, 6.07) is 49.4. The highest BCUT2D eigenvalue weighted by Crippen LogP contribution is 2.44. The molecule has 0 bridgehead atoms. The summed E-state index contributed by atoms with van der Waals surface area (Å²) in [5.41, 5.74) is 5.42. The molecule has 0 atom stereocenters. The van der Waals surface area contributed by atoms with Gasteiger partial charge in [-0.3, -0.25) is 0 Å². The highest BCUT2D eigenvalue weighted by atomic mass is 35.5. The first-order valence-electron chi connectivity index (χ1n) is 13.8. The van der Waals surface area contributed by atoms with Gasteiger partial charge in [-0.2, -0.15) is 0 Å². The van der Waals surface area contributed by atoms with Gasteiger partial charge in [0.15, 0.2) is 0 Å². The Labute approximate surface area is 257 Å². The van der Waals surface area contributed by atoms with Crippen LogP contribution in [0.15, 0.2) is 140 Å². The maximum absolute atomic E-state index is 6.43. The molecule has 0 saturated carbocycles. The largest absolute Gasteiger partial charge is 0.310 e. The molecule has 4 heteroatoms. The number of thiophene rings is 1. The molecule has 0 aliphatic carbocycles. The van der Waals surface area contributed by atoms with Gasteiger partial charge in [-0.15, -0.1) is 11.3 Å². The smallest absolute Gasteiger partial charge is 0.0540 e. The van der Waals surface area contributed by atoms with E-state index in [9.17, 15) is 0 Å². The molecule has 0 aliphatic rings. The zero-order valence-electron chi connectivity index (χ0n) is 22.4. The molecule has 1 heterocycles. The second-order valence-electron chi connectivity index (χ2n) is 10.5. The fraction of sp³-hybridized carbons (Fsp3) is 0. The molecule has 7 aromatic carbocycles. The van der Waals surface area contributed by atoms with Crippen LogP contribution in [-0.2, 0) is 0 Å². The lowest BCUT2D eigenvalue weighted by Crippen LogP contribution is -2.10. The summed E-state index contributed by atoms with van der Waals surface area (Å²) in [5.74, 6) is 0. The minimum absolute atomic E-state index is 0.625. The molecule has 0 unspecified atom stereocenters. The van der Waals surface area contributed by atoms with E-state index in [0.29, 0.717) is 10.0 Å². The number of benzene rings is 7. The Kier molecular flexibility index (Phi) is 6.15. The van der Waals surface area contributed by atoms with Gasteiger partial charge >= 0.3 is 0 Å². The topological polar surface area (TPSA) is 3.24 Å². The predicted molar refractivity (Wildman–Crippen MR) is 184 cm³/mol. The molecule has 0 saturated heterocycles. The highest BCUT2D eigenvalue weighted by Gasteiger charge is 2.18. The van der Waals surface area contributed by atoms with Crippen LogP contribution in [0, 0.1) is 0 Å². The summed E-state index contributed by atoms with van der Waals surface area (Å²) in [6.07, 6.45) is 0. The Morgan fingerprint density at radius 1 is 0.452 bits per heavy atom. The minimum Gasteiger partial charge on any atom is -0.310 e. The van der Waals surface area contributed by atoms with Gasteiger partial charge in [-0.25, -0.2) is 0 Å². The molecule has 8 aromatic rings. The van der Waals surface area contributed by atoms with Crippen LogP contribution in [0.5, 0.6) is 0 Å². The highest BCUT2D eigenvalue weighted by molar-refractivity contribution is 7.25. The zero-order chi connectivity index (χ0) is 28.2. The molecule has 0 aliphatic heterocycles. The van der Waals surface area contributed by atoms with Crippen molar-refractivity contribution in [1.82, 2.24) is 0 Å². The number of nitrogens with zero attached hydrogens (tertiary/aromatic N) is 1. The summed E-state index contributed by atoms with van der Waals surface area (Å²) >= 11 is 14.7. The summed E-state index contributed by atoms with van der Waals surface area (Å²) in [6.45, 7) is 0. The molecular formula is C38H23Cl2NS. The molecule has 8 rings (SSSR count). The van der Waals surface area contributed by atoms with Gasteiger partial charge < -0.3 is 4.90 Å². The molecule has 0 N–H and O–H groups in total. The van der Waals surface area contributed by atoms with E-state index in [1.807, 2.05) is 23.5 Å². The third-order valence-corrected chi connectivity index (χ3v) is 9.51. The third kappa shape index (κ3) is 4.31. The summed E-state index contributed by atoms with van der Waals surface area (Å²) in [7, 11) is 0. The van der Waals surface area contributed by atoms with Crippen LogP contribution in [0.2, 0.25) is 10.0 Å². The second kappa shape index (κ2) is 10.2. The summed E-state index contributed by atoms with van der Waals surface area (Å²) in [4.78, 5) is 2.38. The van der Waals surface area contributed by atoms with Gasteiger partial charge in [0.1, 0.15) is 0 Å². The van der Waals surface area contributed by atoms with Crippen LogP contribution >= 0.6 is 34.5 Å². The lowest BCUT2D eigenvalue weighted by molar-refractivity contribution is 1.31. The maximum Gasteiger partial charge on any atom is 0.0540 e. The molecule has 1 aromatic heterocycles. The van der Waals surface area contributed by atoms with E-state index in [2.05, 4.69) is 126 Å². The van der Waals surface area contributed by atoms with Crippen molar-refractivity contribution in [2.45, 2.75) is 0 Å². The van der Waals surface area contributed by atoms with E-state index < -0.39 is 0 Å². The number of rotatable bonds is 4. The van der Waals surface area contributed by atoms with Crippen LogP contribution in [0.25, 0.3) is 52.8 Å². The Balaban J connectivity index is 1.40. The molecule has 1 nitrogen and oxygen atoms in total. The van der Waals surface area contributed by atoms with Crippen molar-refractivity contribution < 1.29 is 0 Å². The molecule has 42 heavy (non-hydrogen) atoms. The van der Waals surface area contributed by atoms with Crippen LogP contribution in [0.1, 0.15) is 0 Å². The van der Waals surface area contributed by atoms with Gasteiger partial charge in [0, 0.05) is 47.0 Å². The van der Waals surface area contributed by atoms with Crippen molar-refractivity contribution in [2.24, 2.45) is 0 Å². The number of fused-ring (bicyclic) bond motifs is 5.